The van der Waals surface area contributed by atoms with Crippen LogP contribution in [0.25, 0.3) is 32.3 Å². The summed E-state index contributed by atoms with van der Waals surface area (Å²) in [5.74, 6) is 0. The van der Waals surface area contributed by atoms with E-state index in [0.29, 0.717) is 0 Å². The Labute approximate surface area is 141 Å². The summed E-state index contributed by atoms with van der Waals surface area (Å²) in [5, 5.41) is 7.97. The van der Waals surface area contributed by atoms with Crippen LogP contribution in [-0.2, 0) is 0 Å². The van der Waals surface area contributed by atoms with Gasteiger partial charge in [-0.1, -0.05) is 66.7 Å². The smallest absolute Gasteiger partial charge is 0.0488 e. The fraction of sp³-hybridized carbons (Fsp3) is 0.0435. The molecule has 0 aliphatic carbocycles. The predicted octanol–water partition coefficient (Wildman–Crippen LogP) is 6.35. The average molecular weight is 307 g/mol. The van der Waals surface area contributed by atoms with Crippen molar-refractivity contribution in [2.45, 2.75) is 0 Å². The van der Waals surface area contributed by atoms with Crippen LogP contribution in [-0.4, -0.2) is 7.05 Å². The van der Waals surface area contributed by atoms with E-state index in [9.17, 15) is 0 Å². The fourth-order valence-electron chi connectivity index (χ4n) is 3.80. The molecule has 0 N–H and O–H groups in total. The number of para-hydroxylation sites is 1. The lowest BCUT2D eigenvalue weighted by Crippen LogP contribution is -2.09. The molecule has 1 nitrogen and oxygen atoms in total. The maximum absolute atomic E-state index is 2.27. The first-order valence-corrected chi connectivity index (χ1v) is 8.28. The zero-order valence-electron chi connectivity index (χ0n) is 13.5. The maximum atomic E-state index is 2.27. The molecule has 0 saturated carbocycles. The molecule has 0 unspecified atom stereocenters. The number of benzene rings is 5. The van der Waals surface area contributed by atoms with E-state index in [1.165, 1.54) is 43.7 Å². The van der Waals surface area contributed by atoms with Gasteiger partial charge in [0.05, 0.1) is 0 Å². The Morgan fingerprint density at radius 1 is 0.542 bits per heavy atom. The molecule has 0 radical (unpaired) electrons. The molecule has 0 atom stereocenters. The Morgan fingerprint density at radius 3 is 1.92 bits per heavy atom. The Kier molecular flexibility index (Phi) is 2.77. The van der Waals surface area contributed by atoms with Crippen LogP contribution in [0.3, 0.4) is 0 Å². The van der Waals surface area contributed by atoms with Gasteiger partial charge in [-0.15, -0.1) is 0 Å². The topological polar surface area (TPSA) is 3.24 Å². The molecule has 0 heterocycles. The van der Waals surface area contributed by atoms with E-state index in [0.717, 1.165) is 0 Å². The van der Waals surface area contributed by atoms with E-state index in [4.69, 9.17) is 0 Å². The molecule has 0 aliphatic rings. The molecule has 0 aliphatic heterocycles. The second-order valence-corrected chi connectivity index (χ2v) is 6.34. The summed E-state index contributed by atoms with van der Waals surface area (Å²) in [6, 6.07) is 30.5. The maximum Gasteiger partial charge on any atom is 0.0488 e. The lowest BCUT2D eigenvalue weighted by atomic mass is 9.93. The van der Waals surface area contributed by atoms with E-state index in [2.05, 4.69) is 96.9 Å². The van der Waals surface area contributed by atoms with Gasteiger partial charge in [0.15, 0.2) is 0 Å². The normalized spacial score (nSPS) is 11.5. The number of hydrogen-bond donors (Lipinski definition) is 0. The van der Waals surface area contributed by atoms with E-state index in [1.54, 1.807) is 0 Å². The minimum absolute atomic E-state index is 1.20. The summed E-state index contributed by atoms with van der Waals surface area (Å²) in [6.45, 7) is 0. The Hall–Kier alpha value is -3.06. The second kappa shape index (κ2) is 4.97. The molecular formula is C23H17N. The largest absolute Gasteiger partial charge is 0.344 e. The van der Waals surface area contributed by atoms with Crippen LogP contribution in [0, 0.1) is 0 Å². The molecule has 0 spiro atoms. The van der Waals surface area contributed by atoms with Gasteiger partial charge >= 0.3 is 0 Å². The third-order valence-electron chi connectivity index (χ3n) is 5.01. The molecule has 0 amide bonds. The Bertz CT molecular complexity index is 1140. The minimum atomic E-state index is 1.20. The molecule has 5 rings (SSSR count). The van der Waals surface area contributed by atoms with Crippen LogP contribution in [0.5, 0.6) is 0 Å². The first kappa shape index (κ1) is 13.4. The number of rotatable bonds is 2. The molecule has 0 saturated heterocycles. The fourth-order valence-corrected chi connectivity index (χ4v) is 3.80. The molecule has 24 heavy (non-hydrogen) atoms. The minimum Gasteiger partial charge on any atom is -0.344 e. The van der Waals surface area contributed by atoms with Crippen LogP contribution in [0.1, 0.15) is 0 Å². The van der Waals surface area contributed by atoms with Gasteiger partial charge in [-0.2, -0.15) is 0 Å². The van der Waals surface area contributed by atoms with Crippen molar-refractivity contribution < 1.29 is 0 Å². The van der Waals surface area contributed by atoms with Crippen LogP contribution < -0.4 is 4.90 Å². The van der Waals surface area contributed by atoms with Gasteiger partial charge in [0.25, 0.3) is 0 Å². The summed E-state index contributed by atoms with van der Waals surface area (Å²) in [4.78, 5) is 2.27. The Balaban J connectivity index is 1.87. The van der Waals surface area contributed by atoms with Crippen molar-refractivity contribution in [2.24, 2.45) is 0 Å². The molecule has 1 heteroatoms. The van der Waals surface area contributed by atoms with Crippen molar-refractivity contribution in [2.75, 3.05) is 11.9 Å². The summed E-state index contributed by atoms with van der Waals surface area (Å²) in [5.41, 5.74) is 2.44. The second-order valence-electron chi connectivity index (χ2n) is 6.34. The molecule has 5 aromatic carbocycles. The Morgan fingerprint density at radius 2 is 1.17 bits per heavy atom. The lowest BCUT2D eigenvalue weighted by Gasteiger charge is -2.23. The van der Waals surface area contributed by atoms with Crippen LogP contribution in [0.15, 0.2) is 84.9 Å². The van der Waals surface area contributed by atoms with Crippen molar-refractivity contribution in [3.8, 4) is 0 Å². The van der Waals surface area contributed by atoms with Crippen molar-refractivity contribution in [3.05, 3.63) is 84.9 Å². The number of anilines is 2. The molecular weight excluding hydrogens is 290 g/mol. The molecule has 0 fully saturated rings. The van der Waals surface area contributed by atoms with Gasteiger partial charge in [-0.3, -0.25) is 0 Å². The van der Waals surface area contributed by atoms with Gasteiger partial charge < -0.3 is 4.90 Å². The van der Waals surface area contributed by atoms with Gasteiger partial charge in [-0.25, -0.2) is 0 Å². The zero-order valence-corrected chi connectivity index (χ0v) is 13.5. The third kappa shape index (κ3) is 1.82. The van der Waals surface area contributed by atoms with Crippen molar-refractivity contribution in [1.82, 2.24) is 0 Å². The van der Waals surface area contributed by atoms with Crippen molar-refractivity contribution in [1.29, 1.82) is 0 Å². The molecule has 0 bridgehead atoms. The third-order valence-corrected chi connectivity index (χ3v) is 5.01. The summed E-state index contributed by atoms with van der Waals surface area (Å²) in [7, 11) is 2.14. The van der Waals surface area contributed by atoms with Gasteiger partial charge in [0, 0.05) is 23.8 Å². The van der Waals surface area contributed by atoms with Crippen molar-refractivity contribution >= 4 is 43.7 Å². The number of nitrogens with zero attached hydrogens (tertiary/aromatic N) is 1. The SMILES string of the molecule is CN(c1ccccc1)c1ccc2ccc3cccc4ccc1c2c34. The molecule has 5 aromatic rings. The van der Waals surface area contributed by atoms with Gasteiger partial charge in [-0.05, 0) is 45.1 Å². The van der Waals surface area contributed by atoms with E-state index >= 15 is 0 Å². The van der Waals surface area contributed by atoms with E-state index in [-0.39, 0.29) is 0 Å². The summed E-state index contributed by atoms with van der Waals surface area (Å²) >= 11 is 0. The predicted molar refractivity (Wildman–Crippen MR) is 105 cm³/mol. The van der Waals surface area contributed by atoms with Gasteiger partial charge in [0.1, 0.15) is 0 Å². The highest BCUT2D eigenvalue weighted by Crippen LogP contribution is 2.39. The van der Waals surface area contributed by atoms with E-state index in [1.807, 2.05) is 0 Å². The van der Waals surface area contributed by atoms with Crippen LogP contribution >= 0.6 is 0 Å². The zero-order chi connectivity index (χ0) is 16.1. The molecule has 0 aromatic heterocycles. The summed E-state index contributed by atoms with van der Waals surface area (Å²) < 4.78 is 0. The first-order valence-electron chi connectivity index (χ1n) is 8.28. The van der Waals surface area contributed by atoms with Gasteiger partial charge in [0.2, 0.25) is 0 Å². The monoisotopic (exact) mass is 307 g/mol. The highest BCUT2D eigenvalue weighted by molar-refractivity contribution is 6.25. The highest BCUT2D eigenvalue weighted by atomic mass is 15.1. The lowest BCUT2D eigenvalue weighted by molar-refractivity contribution is 1.22. The first-order chi connectivity index (χ1) is 11.8. The number of hydrogen-bond acceptors (Lipinski definition) is 1. The summed E-state index contributed by atoms with van der Waals surface area (Å²) in [6.07, 6.45) is 0. The molecule has 114 valence electrons. The van der Waals surface area contributed by atoms with Crippen LogP contribution in [0.4, 0.5) is 11.4 Å². The standard InChI is InChI=1S/C23H17N/c1-24(19-8-3-2-4-9-19)21-15-13-18-11-10-16-6-5-7-17-12-14-20(21)23(18)22(16)17/h2-15H,1H3. The quantitative estimate of drug-likeness (QED) is 0.343. The highest BCUT2D eigenvalue weighted by Gasteiger charge is 2.13. The van der Waals surface area contributed by atoms with Crippen molar-refractivity contribution in [3.63, 3.8) is 0 Å². The van der Waals surface area contributed by atoms with Crippen LogP contribution in [0.2, 0.25) is 0 Å². The average Bonchev–Trinajstić information content (AvgIpc) is 2.66. The van der Waals surface area contributed by atoms with E-state index < -0.39 is 0 Å².